The van der Waals surface area contributed by atoms with Crippen LogP contribution in [0.15, 0.2) is 12.2 Å². The highest BCUT2D eigenvalue weighted by atomic mass is 16.3. The van der Waals surface area contributed by atoms with E-state index >= 15 is 0 Å². The molecular formula is C12H19N3O2. The van der Waals surface area contributed by atoms with Crippen molar-refractivity contribution in [3.05, 3.63) is 29.1 Å². The van der Waals surface area contributed by atoms with Crippen molar-refractivity contribution < 1.29 is 10.2 Å². The van der Waals surface area contributed by atoms with Crippen molar-refractivity contribution in [2.75, 3.05) is 0 Å². The van der Waals surface area contributed by atoms with Gasteiger partial charge in [-0.3, -0.25) is 4.68 Å². The van der Waals surface area contributed by atoms with Gasteiger partial charge < -0.3 is 15.9 Å². The molecule has 2 rings (SSSR count). The maximum Gasteiger partial charge on any atom is 0.0897 e. The summed E-state index contributed by atoms with van der Waals surface area (Å²) >= 11 is 0. The minimum Gasteiger partial charge on any atom is -0.390 e. The molecule has 1 aromatic heterocycles. The number of nitrogens with two attached hydrogens (primary N) is 1. The molecule has 0 aromatic carbocycles. The number of rotatable bonds is 1. The lowest BCUT2D eigenvalue weighted by Gasteiger charge is -2.32. The van der Waals surface area contributed by atoms with Gasteiger partial charge in [-0.15, -0.1) is 0 Å². The van der Waals surface area contributed by atoms with Crippen molar-refractivity contribution in [1.82, 2.24) is 9.78 Å². The Balaban J connectivity index is 2.44. The van der Waals surface area contributed by atoms with E-state index in [1.807, 2.05) is 27.0 Å². The molecule has 0 fully saturated rings. The van der Waals surface area contributed by atoms with Gasteiger partial charge in [0, 0.05) is 24.2 Å². The van der Waals surface area contributed by atoms with E-state index in [0.717, 1.165) is 17.0 Å². The standard InChI is InChI=1S/C12H19N3O2/c1-6-10(7(2)15(3)14-6)8-4-5-9(16)11(13)12(8)17/h4-5,8-9,11-12,16-17H,13H2,1-3H3. The Labute approximate surface area is 101 Å². The molecule has 5 heteroatoms. The summed E-state index contributed by atoms with van der Waals surface area (Å²) in [6.07, 6.45) is 1.90. The summed E-state index contributed by atoms with van der Waals surface area (Å²) in [4.78, 5) is 0. The normalized spacial score (nSPS) is 33.1. The first kappa shape index (κ1) is 12.3. The predicted octanol–water partition coefficient (Wildman–Crippen LogP) is -0.261. The fourth-order valence-electron chi connectivity index (χ4n) is 2.46. The number of hydrogen-bond donors (Lipinski definition) is 3. The van der Waals surface area contributed by atoms with Gasteiger partial charge in [0.2, 0.25) is 0 Å². The third-order valence-electron chi connectivity index (χ3n) is 3.57. The molecule has 0 saturated carbocycles. The third kappa shape index (κ3) is 1.90. The summed E-state index contributed by atoms with van der Waals surface area (Å²) in [5.41, 5.74) is 8.68. The van der Waals surface area contributed by atoms with Crippen molar-refractivity contribution in [1.29, 1.82) is 0 Å². The smallest absolute Gasteiger partial charge is 0.0897 e. The van der Waals surface area contributed by atoms with Crippen LogP contribution in [-0.2, 0) is 7.05 Å². The molecule has 5 nitrogen and oxygen atoms in total. The summed E-state index contributed by atoms with van der Waals surface area (Å²) in [6, 6.07) is -0.649. The lowest BCUT2D eigenvalue weighted by Crippen LogP contribution is -2.48. The first-order chi connectivity index (χ1) is 7.93. The number of aryl methyl sites for hydroxylation is 2. The van der Waals surface area contributed by atoms with Crippen molar-refractivity contribution in [2.24, 2.45) is 12.8 Å². The molecule has 0 radical (unpaired) electrons. The van der Waals surface area contributed by atoms with Gasteiger partial charge >= 0.3 is 0 Å². The molecule has 4 N–H and O–H groups in total. The molecular weight excluding hydrogens is 218 g/mol. The van der Waals surface area contributed by atoms with Crippen molar-refractivity contribution >= 4 is 0 Å². The zero-order valence-electron chi connectivity index (χ0n) is 10.3. The Hall–Kier alpha value is -1.17. The van der Waals surface area contributed by atoms with E-state index in [-0.39, 0.29) is 5.92 Å². The Kier molecular flexibility index (Phi) is 3.07. The van der Waals surface area contributed by atoms with Crippen LogP contribution in [0, 0.1) is 13.8 Å². The van der Waals surface area contributed by atoms with Crippen molar-refractivity contribution in [2.45, 2.75) is 38.0 Å². The molecule has 1 aliphatic rings. The number of aromatic nitrogens is 2. The first-order valence-electron chi connectivity index (χ1n) is 5.73. The fourth-order valence-corrected chi connectivity index (χ4v) is 2.46. The Morgan fingerprint density at radius 2 is 1.94 bits per heavy atom. The van der Waals surface area contributed by atoms with Crippen LogP contribution in [0.4, 0.5) is 0 Å². The van der Waals surface area contributed by atoms with Gasteiger partial charge in [-0.05, 0) is 13.8 Å². The Morgan fingerprint density at radius 3 is 2.47 bits per heavy atom. The number of hydrogen-bond acceptors (Lipinski definition) is 4. The van der Waals surface area contributed by atoms with Crippen LogP contribution in [0.5, 0.6) is 0 Å². The number of aliphatic hydroxyl groups is 2. The quantitative estimate of drug-likeness (QED) is 0.588. The third-order valence-corrected chi connectivity index (χ3v) is 3.57. The largest absolute Gasteiger partial charge is 0.390 e. The topological polar surface area (TPSA) is 84.3 Å². The average molecular weight is 237 g/mol. The van der Waals surface area contributed by atoms with E-state index in [1.54, 1.807) is 10.8 Å². The van der Waals surface area contributed by atoms with Gasteiger partial charge in [0.25, 0.3) is 0 Å². The highest BCUT2D eigenvalue weighted by Crippen LogP contribution is 2.31. The molecule has 1 heterocycles. The van der Waals surface area contributed by atoms with E-state index in [4.69, 9.17) is 5.73 Å². The Morgan fingerprint density at radius 1 is 1.29 bits per heavy atom. The van der Waals surface area contributed by atoms with Gasteiger partial charge in [-0.2, -0.15) is 5.10 Å². The summed E-state index contributed by atoms with van der Waals surface area (Å²) in [6.45, 7) is 3.88. The van der Waals surface area contributed by atoms with Crippen LogP contribution in [0.1, 0.15) is 22.9 Å². The van der Waals surface area contributed by atoms with Gasteiger partial charge in [0.15, 0.2) is 0 Å². The lowest BCUT2D eigenvalue weighted by atomic mass is 9.82. The van der Waals surface area contributed by atoms with Gasteiger partial charge in [-0.25, -0.2) is 0 Å². The van der Waals surface area contributed by atoms with Crippen LogP contribution in [0.2, 0.25) is 0 Å². The number of nitrogens with zero attached hydrogens (tertiary/aromatic N) is 2. The molecule has 0 saturated heterocycles. The first-order valence-corrected chi connectivity index (χ1v) is 5.73. The number of aliphatic hydroxyl groups excluding tert-OH is 2. The monoisotopic (exact) mass is 237 g/mol. The molecule has 4 unspecified atom stereocenters. The van der Waals surface area contributed by atoms with Crippen molar-refractivity contribution in [3.8, 4) is 0 Å². The second kappa shape index (κ2) is 4.25. The summed E-state index contributed by atoms with van der Waals surface area (Å²) in [5, 5.41) is 24.0. The van der Waals surface area contributed by atoms with E-state index in [9.17, 15) is 10.2 Å². The molecule has 0 bridgehead atoms. The molecule has 17 heavy (non-hydrogen) atoms. The maximum absolute atomic E-state index is 10.1. The lowest BCUT2D eigenvalue weighted by molar-refractivity contribution is 0.0600. The summed E-state index contributed by atoms with van der Waals surface area (Å²) in [5.74, 6) is -0.193. The van der Waals surface area contributed by atoms with Crippen LogP contribution in [-0.4, -0.2) is 38.2 Å². The summed E-state index contributed by atoms with van der Waals surface area (Å²) in [7, 11) is 1.87. The molecule has 0 spiro atoms. The molecule has 0 aliphatic heterocycles. The zero-order valence-corrected chi connectivity index (χ0v) is 10.3. The van der Waals surface area contributed by atoms with E-state index < -0.39 is 18.2 Å². The molecule has 4 atom stereocenters. The Bertz CT molecular complexity index is 453. The van der Waals surface area contributed by atoms with E-state index in [1.165, 1.54) is 0 Å². The molecule has 0 amide bonds. The van der Waals surface area contributed by atoms with E-state index in [0.29, 0.717) is 0 Å². The minimum absolute atomic E-state index is 0.193. The van der Waals surface area contributed by atoms with Gasteiger partial charge in [0.05, 0.1) is 23.9 Å². The molecule has 1 aliphatic carbocycles. The maximum atomic E-state index is 10.1. The van der Waals surface area contributed by atoms with Gasteiger partial charge in [0.1, 0.15) is 0 Å². The van der Waals surface area contributed by atoms with Crippen LogP contribution >= 0.6 is 0 Å². The summed E-state index contributed by atoms with van der Waals surface area (Å²) < 4.78 is 1.79. The van der Waals surface area contributed by atoms with Crippen LogP contribution in [0.3, 0.4) is 0 Å². The van der Waals surface area contributed by atoms with E-state index in [2.05, 4.69) is 5.10 Å². The average Bonchev–Trinajstić information content (AvgIpc) is 2.52. The fraction of sp³-hybridized carbons (Fsp3) is 0.583. The highest BCUT2D eigenvalue weighted by Gasteiger charge is 2.34. The second-order valence-electron chi connectivity index (χ2n) is 4.68. The molecule has 1 aromatic rings. The predicted molar refractivity (Wildman–Crippen MR) is 64.6 cm³/mol. The highest BCUT2D eigenvalue weighted by molar-refractivity contribution is 5.35. The van der Waals surface area contributed by atoms with Crippen LogP contribution in [0.25, 0.3) is 0 Å². The van der Waals surface area contributed by atoms with Crippen molar-refractivity contribution in [3.63, 3.8) is 0 Å². The van der Waals surface area contributed by atoms with Crippen LogP contribution < -0.4 is 5.73 Å². The minimum atomic E-state index is -0.781. The molecule has 94 valence electrons. The second-order valence-corrected chi connectivity index (χ2v) is 4.68. The SMILES string of the molecule is Cc1nn(C)c(C)c1C1C=CC(O)C(N)C1O. The van der Waals surface area contributed by atoms with Gasteiger partial charge in [-0.1, -0.05) is 12.2 Å². The zero-order chi connectivity index (χ0) is 12.7.